The van der Waals surface area contributed by atoms with Crippen molar-refractivity contribution in [2.24, 2.45) is 0 Å². The van der Waals surface area contributed by atoms with Gasteiger partial charge in [0.05, 0.1) is 38.1 Å². The van der Waals surface area contributed by atoms with Crippen LogP contribution in [0, 0.1) is 0 Å². The van der Waals surface area contributed by atoms with Crippen molar-refractivity contribution in [3.05, 3.63) is 106 Å². The van der Waals surface area contributed by atoms with Crippen molar-refractivity contribution >= 4 is 0 Å². The first-order valence-corrected chi connectivity index (χ1v) is 14.8. The molecule has 3 aromatic rings. The van der Waals surface area contributed by atoms with Crippen molar-refractivity contribution in [1.29, 1.82) is 0 Å². The lowest BCUT2D eigenvalue weighted by Crippen LogP contribution is -2.26. The number of nitrogens with one attached hydrogen (secondary N) is 2. The van der Waals surface area contributed by atoms with Gasteiger partial charge in [-0.15, -0.1) is 0 Å². The summed E-state index contributed by atoms with van der Waals surface area (Å²) in [4.78, 5) is 0. The van der Waals surface area contributed by atoms with Crippen LogP contribution in [-0.2, 0) is 14.2 Å². The summed E-state index contributed by atoms with van der Waals surface area (Å²) in [6, 6.07) is 22.8. The number of benzene rings is 3. The van der Waals surface area contributed by atoms with Gasteiger partial charge in [-0.05, 0) is 53.9 Å². The Bertz CT molecular complexity index is 1100. The molecule has 3 aliphatic heterocycles. The maximum Gasteiger partial charge on any atom is 0.149 e. The molecule has 0 saturated heterocycles. The summed E-state index contributed by atoms with van der Waals surface area (Å²) >= 11 is 0. The lowest BCUT2D eigenvalue weighted by Gasteiger charge is -2.28. The molecule has 0 fully saturated rings. The first-order valence-electron chi connectivity index (χ1n) is 14.8. The van der Waals surface area contributed by atoms with Crippen LogP contribution in [-0.4, -0.2) is 47.0 Å². The Morgan fingerprint density at radius 2 is 0.860 bits per heavy atom. The molecule has 0 aromatic heterocycles. The van der Waals surface area contributed by atoms with Crippen LogP contribution in [0.4, 0.5) is 13.2 Å². The van der Waals surface area contributed by atoms with Crippen LogP contribution in [0.1, 0.15) is 97.4 Å². The third-order valence-electron chi connectivity index (χ3n) is 7.70. The predicted molar refractivity (Wildman–Crippen MR) is 166 cm³/mol. The number of hydrogen-bond acceptors (Lipinski definition) is 5. The van der Waals surface area contributed by atoms with Crippen molar-refractivity contribution in [3.8, 4) is 0 Å². The highest BCUT2D eigenvalue weighted by atomic mass is 19.1. The molecule has 2 unspecified atom stereocenters. The second-order valence-electron chi connectivity index (χ2n) is 10.7. The largest absolute Gasteiger partial charge is 0.370 e. The maximum absolute atomic E-state index is 13.5. The SMILES string of the molecule is C.CCCC1OCC(F)c2ccccc21.CNC[C@@H]1OC[C@H](F)c2ccccc21.CNC[C@H]1OC[C@@H](F)c2ccccc21. The van der Waals surface area contributed by atoms with Gasteiger partial charge < -0.3 is 24.8 Å². The third kappa shape index (κ3) is 8.89. The van der Waals surface area contributed by atoms with E-state index in [1.54, 1.807) is 0 Å². The summed E-state index contributed by atoms with van der Waals surface area (Å²) in [6.45, 7) is 4.12. The van der Waals surface area contributed by atoms with Gasteiger partial charge in [-0.3, -0.25) is 0 Å². The molecule has 0 aliphatic carbocycles. The summed E-state index contributed by atoms with van der Waals surface area (Å²) in [5.74, 6) is 0. The van der Waals surface area contributed by atoms with Gasteiger partial charge in [0.25, 0.3) is 0 Å². The van der Waals surface area contributed by atoms with Gasteiger partial charge >= 0.3 is 0 Å². The molecule has 5 nitrogen and oxygen atoms in total. The van der Waals surface area contributed by atoms with Crippen molar-refractivity contribution in [3.63, 3.8) is 0 Å². The second kappa shape index (κ2) is 17.5. The number of ether oxygens (including phenoxy) is 3. The summed E-state index contributed by atoms with van der Waals surface area (Å²) in [6.07, 6.45) is -0.771. The molecule has 236 valence electrons. The minimum absolute atomic E-state index is 0. The van der Waals surface area contributed by atoms with Gasteiger partial charge in [0.2, 0.25) is 0 Å². The molecule has 6 rings (SSSR count). The van der Waals surface area contributed by atoms with Crippen molar-refractivity contribution in [2.45, 2.75) is 64.0 Å². The Labute approximate surface area is 255 Å². The van der Waals surface area contributed by atoms with Crippen LogP contribution in [0.15, 0.2) is 72.8 Å². The smallest absolute Gasteiger partial charge is 0.149 e. The average Bonchev–Trinajstić information content (AvgIpc) is 3.03. The molecule has 0 saturated carbocycles. The molecule has 3 heterocycles. The van der Waals surface area contributed by atoms with Crippen LogP contribution in [0.2, 0.25) is 0 Å². The van der Waals surface area contributed by atoms with Gasteiger partial charge in [-0.2, -0.15) is 0 Å². The van der Waals surface area contributed by atoms with Crippen LogP contribution < -0.4 is 10.6 Å². The van der Waals surface area contributed by atoms with E-state index in [1.165, 1.54) is 0 Å². The second-order valence-corrected chi connectivity index (χ2v) is 10.7. The zero-order valence-corrected chi connectivity index (χ0v) is 24.7. The van der Waals surface area contributed by atoms with E-state index in [4.69, 9.17) is 14.2 Å². The van der Waals surface area contributed by atoms with Crippen LogP contribution in [0.3, 0.4) is 0 Å². The highest BCUT2D eigenvalue weighted by Gasteiger charge is 2.28. The summed E-state index contributed by atoms with van der Waals surface area (Å²) < 4.78 is 56.7. The minimum atomic E-state index is -0.973. The fourth-order valence-corrected chi connectivity index (χ4v) is 5.62. The number of alkyl halides is 3. The molecule has 0 amide bonds. The number of hydrogen-bond donors (Lipinski definition) is 2. The molecule has 3 aromatic carbocycles. The van der Waals surface area contributed by atoms with E-state index >= 15 is 0 Å². The lowest BCUT2D eigenvalue weighted by molar-refractivity contribution is -0.00563. The Morgan fingerprint density at radius 3 is 1.19 bits per heavy atom. The van der Waals surface area contributed by atoms with E-state index in [-0.39, 0.29) is 45.6 Å². The van der Waals surface area contributed by atoms with Gasteiger partial charge in [0.1, 0.15) is 18.5 Å². The van der Waals surface area contributed by atoms with Crippen molar-refractivity contribution in [1.82, 2.24) is 10.6 Å². The molecule has 0 bridgehead atoms. The van der Waals surface area contributed by atoms with E-state index in [9.17, 15) is 13.2 Å². The van der Waals surface area contributed by atoms with Gasteiger partial charge in [0.15, 0.2) is 0 Å². The Balaban J connectivity index is 0.000000175. The van der Waals surface area contributed by atoms with E-state index in [0.717, 1.165) is 59.3 Å². The quantitative estimate of drug-likeness (QED) is 0.299. The molecular formula is C35H47F3N2O3. The van der Waals surface area contributed by atoms with Crippen LogP contribution in [0.5, 0.6) is 0 Å². The highest BCUT2D eigenvalue weighted by Crippen LogP contribution is 2.37. The molecule has 0 radical (unpaired) electrons. The average molecular weight is 601 g/mol. The number of fused-ring (bicyclic) bond motifs is 3. The standard InChI is InChI=1S/C12H15FO.2C11H14FNO.CH4/c1-2-5-12-10-7-4-3-6-9(10)11(13)8-14-12;2*1-13-6-11-9-5-3-2-4-8(9)10(12)7-14-11;/h3-4,6-7,11-12H,2,5,8H2,1H3;2*2-5,10-11,13H,6-7H2,1H3;1H4/t;2*10-,11-;/m.10./s1. The summed E-state index contributed by atoms with van der Waals surface area (Å²) in [5.41, 5.74) is 5.35. The zero-order valence-electron chi connectivity index (χ0n) is 24.7. The fraction of sp³-hybridized carbons (Fsp3) is 0.486. The van der Waals surface area contributed by atoms with Gasteiger partial charge in [-0.25, -0.2) is 13.2 Å². The Kier molecular flexibility index (Phi) is 14.2. The molecule has 2 N–H and O–H groups in total. The topological polar surface area (TPSA) is 51.8 Å². The molecule has 6 atom stereocenters. The van der Waals surface area contributed by atoms with Crippen molar-refractivity contribution < 1.29 is 27.4 Å². The van der Waals surface area contributed by atoms with Crippen LogP contribution >= 0.6 is 0 Å². The predicted octanol–water partition coefficient (Wildman–Crippen LogP) is 8.18. The van der Waals surface area contributed by atoms with Crippen molar-refractivity contribution in [2.75, 3.05) is 47.0 Å². The first kappa shape index (κ1) is 34.7. The molecule has 8 heteroatoms. The first-order chi connectivity index (χ1) is 20.5. The van der Waals surface area contributed by atoms with Gasteiger partial charge in [-0.1, -0.05) is 93.6 Å². The Morgan fingerprint density at radius 1 is 0.558 bits per heavy atom. The van der Waals surface area contributed by atoms with Crippen LogP contribution in [0.25, 0.3) is 0 Å². The highest BCUT2D eigenvalue weighted by molar-refractivity contribution is 5.34. The molecular weight excluding hydrogens is 553 g/mol. The minimum Gasteiger partial charge on any atom is -0.370 e. The summed E-state index contributed by atoms with van der Waals surface area (Å²) in [7, 11) is 3.74. The number of rotatable bonds is 6. The molecule has 0 spiro atoms. The van der Waals surface area contributed by atoms with Gasteiger partial charge in [0, 0.05) is 13.1 Å². The molecule has 43 heavy (non-hydrogen) atoms. The van der Waals surface area contributed by atoms with E-state index in [1.807, 2.05) is 86.9 Å². The Hall–Kier alpha value is -2.75. The van der Waals surface area contributed by atoms with E-state index < -0.39 is 18.5 Å². The summed E-state index contributed by atoms with van der Waals surface area (Å²) in [5, 5.41) is 6.09. The normalized spacial score (nSPS) is 25.3. The monoisotopic (exact) mass is 600 g/mol. The molecule has 3 aliphatic rings. The number of halogens is 3. The fourth-order valence-electron chi connectivity index (χ4n) is 5.62. The maximum atomic E-state index is 13.5. The lowest BCUT2D eigenvalue weighted by atomic mass is 9.94. The number of likely N-dealkylation sites (N-methyl/N-ethyl adjacent to an activating group) is 2. The van der Waals surface area contributed by atoms with E-state index in [0.29, 0.717) is 0 Å². The van der Waals surface area contributed by atoms with E-state index in [2.05, 4.69) is 17.6 Å². The third-order valence-corrected chi connectivity index (χ3v) is 7.70. The zero-order chi connectivity index (χ0) is 29.9.